The molecule has 3 rings (SSSR count). The van der Waals surface area contributed by atoms with Gasteiger partial charge in [-0.3, -0.25) is 4.79 Å². The Kier molecular flexibility index (Phi) is 8.35. The Balaban J connectivity index is 1.44. The number of benzene rings is 2. The second-order valence-electron chi connectivity index (χ2n) is 7.49. The molecular formula is C23H24F2N2O6S. The minimum atomic E-state index is -3.64. The minimum absolute atomic E-state index is 0.00733. The molecule has 0 radical (unpaired) electrons. The van der Waals surface area contributed by atoms with Crippen LogP contribution in [0, 0.1) is 6.92 Å². The van der Waals surface area contributed by atoms with Gasteiger partial charge in [-0.15, -0.1) is 0 Å². The molecule has 0 saturated carbocycles. The number of carbonyl (C=O) groups excluding carboxylic acids is 2. The fourth-order valence-electron chi connectivity index (χ4n) is 3.23. The number of esters is 1. The first-order valence-electron chi connectivity index (χ1n) is 10.4. The van der Waals surface area contributed by atoms with Crippen LogP contribution < -0.4 is 4.74 Å². The largest absolute Gasteiger partial charge is 0.452 e. The van der Waals surface area contributed by atoms with Crippen LogP contribution in [0.3, 0.4) is 0 Å². The number of ether oxygens (including phenoxy) is 2. The summed E-state index contributed by atoms with van der Waals surface area (Å²) in [6.45, 7) is -0.879. The Hall–Kier alpha value is -3.31. The van der Waals surface area contributed by atoms with Gasteiger partial charge in [0, 0.05) is 32.3 Å². The standard InChI is InChI=1S/C23H24F2N2O6S/c1-17-2-9-20(10-3-17)34(30,31)27-14-12-26(13-15-27)21(28)16-32-22(29)11-6-18-4-7-19(8-5-18)33-23(24)25/h2-11,23H,12-16H2,1H3/b11-6+. The Morgan fingerprint density at radius 1 is 1.00 bits per heavy atom. The van der Waals surface area contributed by atoms with Gasteiger partial charge >= 0.3 is 12.6 Å². The molecular weight excluding hydrogens is 470 g/mol. The zero-order chi connectivity index (χ0) is 24.7. The van der Waals surface area contributed by atoms with Crippen LogP contribution in [-0.2, 0) is 24.3 Å². The molecule has 1 aliphatic heterocycles. The Labute approximate surface area is 196 Å². The van der Waals surface area contributed by atoms with Crippen molar-refractivity contribution in [2.45, 2.75) is 18.4 Å². The van der Waals surface area contributed by atoms with E-state index in [9.17, 15) is 26.8 Å². The summed E-state index contributed by atoms with van der Waals surface area (Å²) >= 11 is 0. The molecule has 0 atom stereocenters. The van der Waals surface area contributed by atoms with Crippen LogP contribution in [0.2, 0.25) is 0 Å². The first kappa shape index (κ1) is 25.3. The van der Waals surface area contributed by atoms with Gasteiger partial charge < -0.3 is 14.4 Å². The lowest BCUT2D eigenvalue weighted by Gasteiger charge is -2.33. The van der Waals surface area contributed by atoms with E-state index >= 15 is 0 Å². The number of carbonyl (C=O) groups is 2. The molecule has 182 valence electrons. The highest BCUT2D eigenvalue weighted by molar-refractivity contribution is 7.89. The topological polar surface area (TPSA) is 93.2 Å². The maximum absolute atomic E-state index is 12.7. The number of nitrogens with zero attached hydrogens (tertiary/aromatic N) is 2. The molecule has 1 saturated heterocycles. The molecule has 0 aromatic heterocycles. The summed E-state index contributed by atoms with van der Waals surface area (Å²) in [6, 6.07) is 12.2. The SMILES string of the molecule is Cc1ccc(S(=O)(=O)N2CCN(C(=O)COC(=O)/C=C/c3ccc(OC(F)F)cc3)CC2)cc1. The summed E-state index contributed by atoms with van der Waals surface area (Å²) < 4.78 is 60.3. The summed E-state index contributed by atoms with van der Waals surface area (Å²) in [7, 11) is -3.64. The Morgan fingerprint density at radius 3 is 2.21 bits per heavy atom. The van der Waals surface area contributed by atoms with Crippen molar-refractivity contribution in [3.05, 3.63) is 65.7 Å². The van der Waals surface area contributed by atoms with Crippen LogP contribution >= 0.6 is 0 Å². The number of amides is 1. The highest BCUT2D eigenvalue weighted by atomic mass is 32.2. The van der Waals surface area contributed by atoms with E-state index < -0.39 is 35.1 Å². The third-order valence-corrected chi connectivity index (χ3v) is 7.02. The van der Waals surface area contributed by atoms with Crippen molar-refractivity contribution in [1.82, 2.24) is 9.21 Å². The first-order chi connectivity index (χ1) is 16.1. The fourth-order valence-corrected chi connectivity index (χ4v) is 4.66. The van der Waals surface area contributed by atoms with E-state index in [1.54, 1.807) is 24.3 Å². The van der Waals surface area contributed by atoms with Crippen LogP contribution in [0.25, 0.3) is 6.08 Å². The lowest BCUT2D eigenvalue weighted by Crippen LogP contribution is -2.51. The molecule has 2 aromatic carbocycles. The highest BCUT2D eigenvalue weighted by Crippen LogP contribution is 2.18. The van der Waals surface area contributed by atoms with Crippen LogP contribution in [0.4, 0.5) is 8.78 Å². The van der Waals surface area contributed by atoms with Crippen LogP contribution in [0.15, 0.2) is 59.5 Å². The number of piperazine rings is 1. The third kappa shape index (κ3) is 6.84. The van der Waals surface area contributed by atoms with Crippen molar-refractivity contribution in [1.29, 1.82) is 0 Å². The lowest BCUT2D eigenvalue weighted by atomic mass is 10.2. The van der Waals surface area contributed by atoms with Crippen molar-refractivity contribution in [2.75, 3.05) is 32.8 Å². The number of hydrogen-bond acceptors (Lipinski definition) is 6. The van der Waals surface area contributed by atoms with Crippen LogP contribution in [-0.4, -0.2) is 68.9 Å². The average molecular weight is 495 g/mol. The maximum atomic E-state index is 12.7. The molecule has 2 aromatic rings. The van der Waals surface area contributed by atoms with Gasteiger partial charge in [0.2, 0.25) is 10.0 Å². The lowest BCUT2D eigenvalue weighted by molar-refractivity contribution is -0.148. The number of aryl methyl sites for hydroxylation is 1. The minimum Gasteiger partial charge on any atom is -0.452 e. The van der Waals surface area contributed by atoms with E-state index in [0.29, 0.717) is 5.56 Å². The van der Waals surface area contributed by atoms with Crippen LogP contribution in [0.5, 0.6) is 5.75 Å². The van der Waals surface area contributed by atoms with Crippen molar-refractivity contribution in [3.63, 3.8) is 0 Å². The molecule has 1 fully saturated rings. The smallest absolute Gasteiger partial charge is 0.387 e. The van der Waals surface area contributed by atoms with Gasteiger partial charge in [-0.25, -0.2) is 13.2 Å². The molecule has 0 N–H and O–H groups in total. The Morgan fingerprint density at radius 2 is 1.62 bits per heavy atom. The highest BCUT2D eigenvalue weighted by Gasteiger charge is 2.30. The van der Waals surface area contributed by atoms with Crippen molar-refractivity contribution >= 4 is 28.0 Å². The molecule has 1 aliphatic rings. The summed E-state index contributed by atoms with van der Waals surface area (Å²) in [6.07, 6.45) is 2.52. The second-order valence-corrected chi connectivity index (χ2v) is 9.42. The van der Waals surface area contributed by atoms with Crippen LogP contribution in [0.1, 0.15) is 11.1 Å². The van der Waals surface area contributed by atoms with Gasteiger partial charge in [-0.2, -0.15) is 13.1 Å². The molecule has 34 heavy (non-hydrogen) atoms. The zero-order valence-corrected chi connectivity index (χ0v) is 19.2. The summed E-state index contributed by atoms with van der Waals surface area (Å²) in [5.41, 5.74) is 1.51. The molecule has 8 nitrogen and oxygen atoms in total. The number of alkyl halides is 2. The van der Waals surface area contributed by atoms with Crippen molar-refractivity contribution < 1.29 is 36.3 Å². The van der Waals surface area contributed by atoms with Gasteiger partial charge in [0.05, 0.1) is 4.90 Å². The third-order valence-electron chi connectivity index (χ3n) is 5.11. The van der Waals surface area contributed by atoms with E-state index in [0.717, 1.165) is 11.6 Å². The zero-order valence-electron chi connectivity index (χ0n) is 18.4. The van der Waals surface area contributed by atoms with Crippen molar-refractivity contribution in [3.8, 4) is 5.75 Å². The number of rotatable bonds is 8. The summed E-state index contributed by atoms with van der Waals surface area (Å²) in [5.74, 6) is -1.18. The molecule has 0 aliphatic carbocycles. The summed E-state index contributed by atoms with van der Waals surface area (Å²) in [4.78, 5) is 25.9. The van der Waals surface area contributed by atoms with Gasteiger partial charge in [0.25, 0.3) is 5.91 Å². The molecule has 1 amide bonds. The molecule has 0 unspecified atom stereocenters. The molecule has 0 bridgehead atoms. The number of sulfonamides is 1. The maximum Gasteiger partial charge on any atom is 0.387 e. The predicted octanol–water partition coefficient (Wildman–Crippen LogP) is 2.69. The van der Waals surface area contributed by atoms with Gasteiger partial charge in [0.15, 0.2) is 6.61 Å². The fraction of sp³-hybridized carbons (Fsp3) is 0.304. The molecule has 1 heterocycles. The quantitative estimate of drug-likeness (QED) is 0.414. The predicted molar refractivity (Wildman–Crippen MR) is 120 cm³/mol. The second kappa shape index (κ2) is 11.2. The number of halogens is 2. The van der Waals surface area contributed by atoms with E-state index in [-0.39, 0.29) is 36.8 Å². The summed E-state index contributed by atoms with van der Waals surface area (Å²) in [5, 5.41) is 0. The average Bonchev–Trinajstić information content (AvgIpc) is 2.82. The van der Waals surface area contributed by atoms with Gasteiger partial charge in [0.1, 0.15) is 5.75 Å². The van der Waals surface area contributed by atoms with Gasteiger partial charge in [-0.05, 0) is 42.8 Å². The Bertz CT molecular complexity index is 1130. The van der Waals surface area contributed by atoms with E-state index in [2.05, 4.69) is 4.74 Å². The van der Waals surface area contributed by atoms with E-state index in [1.165, 1.54) is 39.5 Å². The molecule has 0 spiro atoms. The molecule has 11 heteroatoms. The van der Waals surface area contributed by atoms with E-state index in [4.69, 9.17) is 4.74 Å². The van der Waals surface area contributed by atoms with Gasteiger partial charge in [-0.1, -0.05) is 29.8 Å². The first-order valence-corrected chi connectivity index (χ1v) is 11.8. The normalized spacial score (nSPS) is 15.0. The number of hydrogen-bond donors (Lipinski definition) is 0. The van der Waals surface area contributed by atoms with E-state index in [1.807, 2.05) is 6.92 Å². The van der Waals surface area contributed by atoms with Crippen molar-refractivity contribution in [2.24, 2.45) is 0 Å². The monoisotopic (exact) mass is 494 g/mol.